The largest absolute Gasteiger partial charge is 0.310 e. The molecule has 0 aliphatic heterocycles. The van der Waals surface area contributed by atoms with Gasteiger partial charge in [-0.25, -0.2) is 0 Å². The first-order valence-electron chi connectivity index (χ1n) is 22.9. The minimum atomic E-state index is 0.707. The van der Waals surface area contributed by atoms with Crippen molar-refractivity contribution >= 4 is 17.1 Å². The molecule has 1 nitrogen and oxygen atoms in total. The van der Waals surface area contributed by atoms with E-state index in [2.05, 4.69) is 217 Å². The topological polar surface area (TPSA) is 3.24 Å². The van der Waals surface area contributed by atoms with Crippen molar-refractivity contribution < 1.29 is 0 Å². The molecule has 4 unspecified atom stereocenters. The van der Waals surface area contributed by atoms with E-state index < -0.39 is 0 Å². The van der Waals surface area contributed by atoms with Crippen LogP contribution in [0.1, 0.15) is 48.6 Å². The summed E-state index contributed by atoms with van der Waals surface area (Å²) < 4.78 is 0. The molecular formula is C62H47N. The lowest BCUT2D eigenvalue weighted by Crippen LogP contribution is -2.22. The van der Waals surface area contributed by atoms with E-state index in [0.717, 1.165) is 28.9 Å². The molecule has 0 aromatic heterocycles. The van der Waals surface area contributed by atoms with Crippen molar-refractivity contribution in [3.63, 3.8) is 0 Å². The molecule has 300 valence electrons. The highest BCUT2D eigenvalue weighted by Crippen LogP contribution is 2.62. The van der Waals surface area contributed by atoms with Crippen molar-refractivity contribution in [2.45, 2.75) is 37.5 Å². The van der Waals surface area contributed by atoms with Crippen LogP contribution in [0.5, 0.6) is 0 Å². The van der Waals surface area contributed by atoms with E-state index in [9.17, 15) is 0 Å². The molecule has 1 heteroatoms. The monoisotopic (exact) mass is 805 g/mol. The predicted molar refractivity (Wildman–Crippen MR) is 264 cm³/mol. The Balaban J connectivity index is 0.965. The van der Waals surface area contributed by atoms with E-state index in [1.54, 1.807) is 11.1 Å². The van der Waals surface area contributed by atoms with Crippen LogP contribution < -0.4 is 4.90 Å². The normalized spacial score (nSPS) is 18.5. The van der Waals surface area contributed by atoms with Crippen molar-refractivity contribution in [2.24, 2.45) is 11.8 Å². The number of benzene rings is 9. The fraction of sp³-hybridized carbons (Fsp3) is 0.129. The Morgan fingerprint density at radius 1 is 0.317 bits per heavy atom. The fourth-order valence-corrected chi connectivity index (χ4v) is 12.3. The second-order valence-corrected chi connectivity index (χ2v) is 18.4. The average Bonchev–Trinajstić information content (AvgIpc) is 3.60. The summed E-state index contributed by atoms with van der Waals surface area (Å²) in [5.41, 5.74) is 24.6. The fourth-order valence-electron chi connectivity index (χ4n) is 12.3. The number of para-hydroxylation sites is 1. The van der Waals surface area contributed by atoms with Gasteiger partial charge in [-0.05, 0) is 175 Å². The van der Waals surface area contributed by atoms with Crippen molar-refractivity contribution in [2.75, 3.05) is 4.90 Å². The molecule has 9 aromatic carbocycles. The number of rotatable bonds is 6. The van der Waals surface area contributed by atoms with E-state index in [0.29, 0.717) is 11.8 Å². The molecule has 0 saturated heterocycles. The van der Waals surface area contributed by atoms with Gasteiger partial charge >= 0.3 is 0 Å². The number of hydrogen-bond acceptors (Lipinski definition) is 1. The van der Waals surface area contributed by atoms with Gasteiger partial charge in [0.2, 0.25) is 0 Å². The van der Waals surface area contributed by atoms with Gasteiger partial charge in [0.05, 0.1) is 5.69 Å². The van der Waals surface area contributed by atoms with Crippen molar-refractivity contribution in [3.05, 3.63) is 223 Å². The molecule has 0 heterocycles. The summed E-state index contributed by atoms with van der Waals surface area (Å²) in [4.78, 5) is 2.42. The molecule has 63 heavy (non-hydrogen) atoms. The third-order valence-corrected chi connectivity index (χ3v) is 15.0. The lowest BCUT2D eigenvalue weighted by molar-refractivity contribution is 0.296. The van der Waals surface area contributed by atoms with Gasteiger partial charge in [0.1, 0.15) is 0 Å². The molecule has 0 radical (unpaired) electrons. The summed E-state index contributed by atoms with van der Waals surface area (Å²) in [5, 5.41) is 0. The first-order chi connectivity index (χ1) is 31.2. The zero-order valence-electron chi connectivity index (χ0n) is 35.3. The summed E-state index contributed by atoms with van der Waals surface area (Å²) in [6.45, 7) is 0. The van der Waals surface area contributed by atoms with E-state index in [-0.39, 0.29) is 0 Å². The molecule has 0 N–H and O–H groups in total. The molecular weight excluding hydrogens is 759 g/mol. The molecule has 4 atom stereocenters. The molecule has 4 aliphatic carbocycles. The maximum absolute atomic E-state index is 2.66. The quantitative estimate of drug-likeness (QED) is 0.162. The molecule has 0 amide bonds. The van der Waals surface area contributed by atoms with Gasteiger partial charge in [0, 0.05) is 16.9 Å². The summed E-state index contributed by atoms with van der Waals surface area (Å²) in [7, 11) is 0. The summed E-state index contributed by atoms with van der Waals surface area (Å²) >= 11 is 0. The molecule has 13 rings (SSSR count). The zero-order chi connectivity index (χ0) is 41.4. The molecule has 3 bridgehead atoms. The highest BCUT2D eigenvalue weighted by atomic mass is 15.1. The second kappa shape index (κ2) is 14.7. The van der Waals surface area contributed by atoms with E-state index >= 15 is 0 Å². The summed E-state index contributed by atoms with van der Waals surface area (Å²) in [6.07, 6.45) is 5.57. The van der Waals surface area contributed by atoms with E-state index in [1.807, 2.05) is 0 Å². The molecule has 2 saturated carbocycles. The second-order valence-electron chi connectivity index (χ2n) is 18.4. The van der Waals surface area contributed by atoms with Crippen LogP contribution in [0.2, 0.25) is 0 Å². The van der Waals surface area contributed by atoms with Crippen LogP contribution in [-0.4, -0.2) is 0 Å². The van der Waals surface area contributed by atoms with Gasteiger partial charge in [-0.15, -0.1) is 0 Å². The van der Waals surface area contributed by atoms with Gasteiger partial charge in [0.15, 0.2) is 0 Å². The highest BCUT2D eigenvalue weighted by Gasteiger charge is 2.47. The van der Waals surface area contributed by atoms with Crippen molar-refractivity contribution in [1.82, 2.24) is 0 Å². The highest BCUT2D eigenvalue weighted by molar-refractivity contribution is 6.07. The Hall–Kier alpha value is -7.22. The number of nitrogens with zero attached hydrogens (tertiary/aromatic N) is 1. The first kappa shape index (κ1) is 36.4. The third kappa shape index (κ3) is 5.98. The first-order valence-corrected chi connectivity index (χ1v) is 22.9. The van der Waals surface area contributed by atoms with Gasteiger partial charge in [-0.3, -0.25) is 0 Å². The standard InChI is InChI=1S/C62H47N/c1-3-14-41(15-4-1)42-26-30-47(31-27-42)63(61-25-12-11-18-49(61)43-16-5-2-6-17-43)48-32-28-44(29-33-48)50-23-13-24-55-51-19-7-8-20-52(51)58-38-57-46-35-40-34-45(37-46)56(36-40)60(57)39-59(58)53-21-9-10-22-54(53)62(50)55/h1-33,38-40,45-46,56H,34-37H2. The number of fused-ring (bicyclic) bond motifs is 13. The molecule has 4 aliphatic rings. The van der Waals surface area contributed by atoms with Crippen LogP contribution in [0, 0.1) is 11.8 Å². The van der Waals surface area contributed by atoms with Crippen LogP contribution in [0.25, 0.3) is 77.9 Å². The maximum Gasteiger partial charge on any atom is 0.0540 e. The molecule has 9 aromatic rings. The van der Waals surface area contributed by atoms with Gasteiger partial charge in [-0.1, -0.05) is 170 Å². The third-order valence-electron chi connectivity index (χ3n) is 15.0. The van der Waals surface area contributed by atoms with Crippen LogP contribution in [0.3, 0.4) is 0 Å². The Labute approximate surface area is 371 Å². The number of hydrogen-bond donors (Lipinski definition) is 0. The molecule has 0 spiro atoms. The summed E-state index contributed by atoms with van der Waals surface area (Å²) in [6, 6.07) is 79.2. The zero-order valence-corrected chi connectivity index (χ0v) is 35.3. The van der Waals surface area contributed by atoms with Crippen molar-refractivity contribution in [3.8, 4) is 77.9 Å². The predicted octanol–water partition coefficient (Wildman–Crippen LogP) is 17.1. The SMILES string of the molecule is c1ccc(-c2ccc(N(c3ccc(-c4cccc5c4-c4ccccc4-c4cc6c(cc4-c4ccccc4-5)C4CC5CC(C4)C6C5)cc3)c3ccccc3-c3ccccc3)cc2)cc1. The average molecular weight is 806 g/mol. The van der Waals surface area contributed by atoms with Crippen LogP contribution >= 0.6 is 0 Å². The lowest BCUT2D eigenvalue weighted by Gasteiger charge is -2.37. The molecule has 2 fully saturated rings. The van der Waals surface area contributed by atoms with E-state index in [4.69, 9.17) is 0 Å². The Morgan fingerprint density at radius 3 is 1.51 bits per heavy atom. The lowest BCUT2D eigenvalue weighted by atomic mass is 9.67. The van der Waals surface area contributed by atoms with Gasteiger partial charge < -0.3 is 4.90 Å². The smallest absolute Gasteiger partial charge is 0.0540 e. The van der Waals surface area contributed by atoms with Crippen LogP contribution in [0.15, 0.2) is 212 Å². The minimum absolute atomic E-state index is 0.707. The van der Waals surface area contributed by atoms with Gasteiger partial charge in [-0.2, -0.15) is 0 Å². The number of anilines is 3. The van der Waals surface area contributed by atoms with E-state index in [1.165, 1.54) is 104 Å². The Kier molecular flexibility index (Phi) is 8.51. The minimum Gasteiger partial charge on any atom is -0.310 e. The Morgan fingerprint density at radius 2 is 0.810 bits per heavy atom. The van der Waals surface area contributed by atoms with Crippen LogP contribution in [-0.2, 0) is 0 Å². The van der Waals surface area contributed by atoms with Crippen LogP contribution in [0.4, 0.5) is 17.1 Å². The summed E-state index contributed by atoms with van der Waals surface area (Å²) in [5.74, 6) is 3.18. The van der Waals surface area contributed by atoms with Gasteiger partial charge in [0.25, 0.3) is 0 Å². The Bertz CT molecular complexity index is 3180. The maximum atomic E-state index is 2.66. The van der Waals surface area contributed by atoms with Crippen molar-refractivity contribution in [1.29, 1.82) is 0 Å².